The van der Waals surface area contributed by atoms with E-state index in [0.29, 0.717) is 17.2 Å². The summed E-state index contributed by atoms with van der Waals surface area (Å²) in [6.07, 6.45) is 0.381. The molecule has 5 nitrogen and oxygen atoms in total. The molecule has 184 valence electrons. The van der Waals surface area contributed by atoms with Crippen molar-refractivity contribution < 1.29 is 14.3 Å². The predicted molar refractivity (Wildman–Crippen MR) is 141 cm³/mol. The van der Waals surface area contributed by atoms with Gasteiger partial charge in [-0.3, -0.25) is 9.59 Å². The number of amides is 2. The van der Waals surface area contributed by atoms with E-state index in [1.165, 1.54) is 0 Å². The number of rotatable bonds is 9. The minimum Gasteiger partial charge on any atom is -0.482 e. The lowest BCUT2D eigenvalue weighted by Crippen LogP contribution is -2.55. The summed E-state index contributed by atoms with van der Waals surface area (Å²) in [5, 5.41) is 3.49. The Balaban J connectivity index is 1.93. The number of benzene rings is 3. The second-order valence-corrected chi connectivity index (χ2v) is 10.1. The maximum atomic E-state index is 13.6. The molecule has 0 bridgehead atoms. The molecule has 1 N–H and O–H groups in total. The zero-order valence-corrected chi connectivity index (χ0v) is 21.5. The van der Waals surface area contributed by atoms with Crippen molar-refractivity contribution in [3.63, 3.8) is 0 Å². The number of aryl methyl sites for hydroxylation is 1. The molecule has 0 saturated heterocycles. The number of carbonyl (C=O) groups is 2. The first-order chi connectivity index (χ1) is 16.6. The zero-order valence-electron chi connectivity index (χ0n) is 20.8. The largest absolute Gasteiger partial charge is 0.482 e. The fourth-order valence-electron chi connectivity index (χ4n) is 3.68. The number of ether oxygens (including phenoxy) is 1. The van der Waals surface area contributed by atoms with E-state index in [-0.39, 0.29) is 25.0 Å². The van der Waals surface area contributed by atoms with E-state index in [9.17, 15) is 9.59 Å². The van der Waals surface area contributed by atoms with E-state index >= 15 is 0 Å². The van der Waals surface area contributed by atoms with Crippen molar-refractivity contribution in [2.75, 3.05) is 6.61 Å². The Hall–Kier alpha value is -3.31. The lowest BCUT2D eigenvalue weighted by atomic mass is 10.0. The van der Waals surface area contributed by atoms with E-state index < -0.39 is 11.6 Å². The van der Waals surface area contributed by atoms with Crippen LogP contribution in [0.25, 0.3) is 0 Å². The Labute approximate surface area is 213 Å². The monoisotopic (exact) mass is 492 g/mol. The predicted octanol–water partition coefficient (Wildman–Crippen LogP) is 5.58. The molecule has 1 atom stereocenters. The summed E-state index contributed by atoms with van der Waals surface area (Å²) in [5.74, 6) is -0.0772. The van der Waals surface area contributed by atoms with Crippen LogP contribution in [0.5, 0.6) is 5.75 Å². The van der Waals surface area contributed by atoms with Gasteiger partial charge in [-0.05, 0) is 51.0 Å². The van der Waals surface area contributed by atoms with Crippen molar-refractivity contribution in [2.45, 2.75) is 52.2 Å². The summed E-state index contributed by atoms with van der Waals surface area (Å²) < 4.78 is 5.76. The molecule has 35 heavy (non-hydrogen) atoms. The summed E-state index contributed by atoms with van der Waals surface area (Å²) in [5.41, 5.74) is 2.58. The third-order valence-electron chi connectivity index (χ3n) is 5.43. The molecule has 3 rings (SSSR count). The molecule has 3 aromatic rings. The lowest BCUT2D eigenvalue weighted by molar-refractivity contribution is -0.143. The first-order valence-corrected chi connectivity index (χ1v) is 12.1. The van der Waals surface area contributed by atoms with Crippen molar-refractivity contribution in [1.82, 2.24) is 10.2 Å². The quantitative estimate of drug-likeness (QED) is 0.424. The maximum Gasteiger partial charge on any atom is 0.261 e. The normalized spacial score (nSPS) is 12.0. The van der Waals surface area contributed by atoms with Crippen LogP contribution in [0.3, 0.4) is 0 Å². The highest BCUT2D eigenvalue weighted by molar-refractivity contribution is 6.32. The van der Waals surface area contributed by atoms with Gasteiger partial charge in [0.15, 0.2) is 6.61 Å². The molecule has 0 spiro atoms. The van der Waals surface area contributed by atoms with Crippen LogP contribution < -0.4 is 10.1 Å². The molecular formula is C29H33ClN2O3. The van der Waals surface area contributed by atoms with Crippen LogP contribution in [-0.2, 0) is 22.6 Å². The standard InChI is InChI=1S/C29H33ClN2O3/c1-21-14-16-23(17-15-21)19-32(27(33)20-35-26-13-9-8-12-24(26)30)25(28(34)31-29(2,3)4)18-22-10-6-5-7-11-22/h5-17,25H,18-20H2,1-4H3,(H,31,34)/t25-/m1/s1. The fourth-order valence-corrected chi connectivity index (χ4v) is 3.87. The van der Waals surface area contributed by atoms with Crippen molar-refractivity contribution in [3.8, 4) is 5.75 Å². The van der Waals surface area contributed by atoms with E-state index in [2.05, 4.69) is 5.32 Å². The molecule has 3 aromatic carbocycles. The first-order valence-electron chi connectivity index (χ1n) is 11.7. The van der Waals surface area contributed by atoms with E-state index in [1.807, 2.05) is 82.3 Å². The molecule has 0 aliphatic heterocycles. The maximum absolute atomic E-state index is 13.6. The number of hydrogen-bond donors (Lipinski definition) is 1. The average molecular weight is 493 g/mol. The van der Waals surface area contributed by atoms with Gasteiger partial charge in [0.05, 0.1) is 5.02 Å². The van der Waals surface area contributed by atoms with Gasteiger partial charge in [-0.1, -0.05) is 83.9 Å². The number of nitrogens with one attached hydrogen (secondary N) is 1. The van der Waals surface area contributed by atoms with Gasteiger partial charge in [-0.25, -0.2) is 0 Å². The molecule has 0 unspecified atom stereocenters. The lowest BCUT2D eigenvalue weighted by Gasteiger charge is -2.33. The van der Waals surface area contributed by atoms with Crippen LogP contribution in [0.4, 0.5) is 0 Å². The third-order valence-corrected chi connectivity index (χ3v) is 5.74. The molecule has 0 fully saturated rings. The van der Waals surface area contributed by atoms with Gasteiger partial charge in [-0.15, -0.1) is 0 Å². The van der Waals surface area contributed by atoms with Crippen molar-refractivity contribution in [2.24, 2.45) is 0 Å². The Morgan fingerprint density at radius 2 is 1.54 bits per heavy atom. The highest BCUT2D eigenvalue weighted by Gasteiger charge is 2.32. The number of hydrogen-bond acceptors (Lipinski definition) is 3. The van der Waals surface area contributed by atoms with E-state index in [1.54, 1.807) is 29.2 Å². The van der Waals surface area contributed by atoms with Crippen LogP contribution in [-0.4, -0.2) is 34.9 Å². The van der Waals surface area contributed by atoms with Crippen LogP contribution >= 0.6 is 11.6 Å². The number of carbonyl (C=O) groups excluding carboxylic acids is 2. The summed E-state index contributed by atoms with van der Waals surface area (Å²) in [7, 11) is 0. The Morgan fingerprint density at radius 3 is 2.17 bits per heavy atom. The van der Waals surface area contributed by atoms with Crippen molar-refractivity contribution in [1.29, 1.82) is 0 Å². The van der Waals surface area contributed by atoms with Crippen molar-refractivity contribution in [3.05, 3.63) is 101 Å². The molecule has 6 heteroatoms. The molecule has 0 aromatic heterocycles. The minimum atomic E-state index is -0.722. The number of halogens is 1. The van der Waals surface area contributed by atoms with Gasteiger partial charge in [-0.2, -0.15) is 0 Å². The molecule has 0 heterocycles. The molecule has 0 saturated carbocycles. The molecule has 0 aliphatic carbocycles. The number of para-hydroxylation sites is 1. The topological polar surface area (TPSA) is 58.6 Å². The van der Waals surface area contributed by atoms with E-state index in [0.717, 1.165) is 16.7 Å². The van der Waals surface area contributed by atoms with Gasteiger partial charge in [0.1, 0.15) is 11.8 Å². The first kappa shape index (κ1) is 26.3. The average Bonchev–Trinajstić information content (AvgIpc) is 2.81. The summed E-state index contributed by atoms with van der Waals surface area (Å²) in [6, 6.07) is 24.0. The van der Waals surface area contributed by atoms with Gasteiger partial charge in [0.25, 0.3) is 5.91 Å². The van der Waals surface area contributed by atoms with Gasteiger partial charge in [0.2, 0.25) is 5.91 Å². The van der Waals surface area contributed by atoms with Gasteiger partial charge < -0.3 is 15.0 Å². The highest BCUT2D eigenvalue weighted by atomic mass is 35.5. The molecular weight excluding hydrogens is 460 g/mol. The van der Waals surface area contributed by atoms with Gasteiger partial charge in [0, 0.05) is 18.5 Å². The SMILES string of the molecule is Cc1ccc(CN(C(=O)COc2ccccc2Cl)[C@H](Cc2ccccc2)C(=O)NC(C)(C)C)cc1. The van der Waals surface area contributed by atoms with Crippen LogP contribution in [0, 0.1) is 6.92 Å². The molecule has 0 aliphatic rings. The second-order valence-electron chi connectivity index (χ2n) is 9.67. The van der Waals surface area contributed by atoms with Crippen LogP contribution in [0.15, 0.2) is 78.9 Å². The zero-order chi connectivity index (χ0) is 25.4. The van der Waals surface area contributed by atoms with Crippen molar-refractivity contribution >= 4 is 23.4 Å². The van der Waals surface area contributed by atoms with Crippen LogP contribution in [0.1, 0.15) is 37.5 Å². The highest BCUT2D eigenvalue weighted by Crippen LogP contribution is 2.23. The van der Waals surface area contributed by atoms with Crippen LogP contribution in [0.2, 0.25) is 5.02 Å². The third kappa shape index (κ3) is 8.15. The number of nitrogens with zero attached hydrogens (tertiary/aromatic N) is 1. The molecule has 2 amide bonds. The Kier molecular flexibility index (Phi) is 8.94. The smallest absolute Gasteiger partial charge is 0.261 e. The van der Waals surface area contributed by atoms with E-state index in [4.69, 9.17) is 16.3 Å². The Morgan fingerprint density at radius 1 is 0.914 bits per heavy atom. The van der Waals surface area contributed by atoms with Gasteiger partial charge >= 0.3 is 0 Å². The Bertz CT molecular complexity index is 1120. The molecule has 0 radical (unpaired) electrons. The summed E-state index contributed by atoms with van der Waals surface area (Å²) in [4.78, 5) is 28.7. The second kappa shape index (κ2) is 11.9. The summed E-state index contributed by atoms with van der Waals surface area (Å²) >= 11 is 6.21. The fraction of sp³-hybridized carbons (Fsp3) is 0.310. The minimum absolute atomic E-state index is 0.209. The summed E-state index contributed by atoms with van der Waals surface area (Å²) in [6.45, 7) is 7.84.